The number of thioether (sulfide) groups is 1. The summed E-state index contributed by atoms with van der Waals surface area (Å²) in [6, 6.07) is 4.21. The van der Waals surface area contributed by atoms with Crippen LogP contribution in [0.1, 0.15) is 38.9 Å². The molecule has 0 radical (unpaired) electrons. The molecule has 1 saturated carbocycles. The lowest BCUT2D eigenvalue weighted by atomic mass is 9.96. The van der Waals surface area contributed by atoms with Gasteiger partial charge in [-0.1, -0.05) is 6.92 Å². The zero-order valence-corrected chi connectivity index (χ0v) is 12.2. The highest BCUT2D eigenvalue weighted by molar-refractivity contribution is 7.99. The maximum Gasteiger partial charge on any atom is 0.323 e. The Hall–Kier alpha value is -0.940. The van der Waals surface area contributed by atoms with E-state index in [2.05, 4.69) is 12.2 Å². The molecule has 0 aromatic carbocycles. The minimum Gasteiger partial charge on any atom is -0.480 e. The third-order valence-corrected chi connectivity index (χ3v) is 4.54. The van der Waals surface area contributed by atoms with Crippen LogP contribution >= 0.6 is 11.8 Å². The number of hydrogen-bond donors (Lipinski definition) is 2. The first-order valence-corrected chi connectivity index (χ1v) is 7.69. The highest BCUT2D eigenvalue weighted by atomic mass is 32.2. The van der Waals surface area contributed by atoms with Crippen LogP contribution in [-0.4, -0.2) is 27.9 Å². The number of furan rings is 1. The summed E-state index contributed by atoms with van der Waals surface area (Å²) in [4.78, 5) is 11.5. The predicted molar refractivity (Wildman–Crippen MR) is 76.3 cm³/mol. The molecular weight excluding hydrogens is 262 g/mol. The van der Waals surface area contributed by atoms with Crippen molar-refractivity contribution in [2.45, 2.75) is 55.7 Å². The molecule has 2 rings (SSSR count). The Morgan fingerprint density at radius 1 is 1.68 bits per heavy atom. The lowest BCUT2D eigenvalue weighted by molar-refractivity contribution is -0.144. The lowest BCUT2D eigenvalue weighted by Gasteiger charge is -2.29. The van der Waals surface area contributed by atoms with Crippen molar-refractivity contribution in [3.63, 3.8) is 0 Å². The van der Waals surface area contributed by atoms with Gasteiger partial charge in [0.1, 0.15) is 11.3 Å². The molecule has 2 N–H and O–H groups in total. The van der Waals surface area contributed by atoms with E-state index in [0.717, 1.165) is 24.4 Å². The predicted octanol–water partition coefficient (Wildman–Crippen LogP) is 2.89. The Morgan fingerprint density at radius 3 is 2.95 bits per heavy atom. The van der Waals surface area contributed by atoms with Crippen molar-refractivity contribution in [3.05, 3.63) is 24.2 Å². The van der Waals surface area contributed by atoms with E-state index in [9.17, 15) is 9.90 Å². The summed E-state index contributed by atoms with van der Waals surface area (Å²) in [5, 5.41) is 12.9. The van der Waals surface area contributed by atoms with Crippen LogP contribution in [0.4, 0.5) is 0 Å². The molecule has 1 aromatic heterocycles. The first kappa shape index (κ1) is 14.5. The average molecular weight is 283 g/mol. The van der Waals surface area contributed by atoms with E-state index in [1.807, 2.05) is 12.1 Å². The Labute approximate surface area is 117 Å². The van der Waals surface area contributed by atoms with Gasteiger partial charge in [0.15, 0.2) is 0 Å². The Morgan fingerprint density at radius 2 is 2.42 bits per heavy atom. The van der Waals surface area contributed by atoms with Gasteiger partial charge in [0.2, 0.25) is 0 Å². The van der Waals surface area contributed by atoms with Gasteiger partial charge < -0.3 is 9.52 Å². The molecule has 106 valence electrons. The van der Waals surface area contributed by atoms with Crippen molar-refractivity contribution in [2.24, 2.45) is 0 Å². The highest BCUT2D eigenvalue weighted by Crippen LogP contribution is 2.29. The van der Waals surface area contributed by atoms with Crippen LogP contribution in [0.5, 0.6) is 0 Å². The monoisotopic (exact) mass is 283 g/mol. The van der Waals surface area contributed by atoms with Gasteiger partial charge in [-0.3, -0.25) is 10.1 Å². The SMILES string of the molecule is CC(CC(C)(NC1CC1)C(=O)O)SCc1ccco1. The molecule has 0 bridgehead atoms. The van der Waals surface area contributed by atoms with Gasteiger partial charge in [-0.15, -0.1) is 0 Å². The Kier molecular flexibility index (Phi) is 4.58. The summed E-state index contributed by atoms with van der Waals surface area (Å²) >= 11 is 1.73. The number of carboxylic acids is 1. The van der Waals surface area contributed by atoms with Crippen molar-refractivity contribution in [1.82, 2.24) is 5.32 Å². The van der Waals surface area contributed by atoms with Crippen molar-refractivity contribution < 1.29 is 14.3 Å². The maximum absolute atomic E-state index is 11.5. The van der Waals surface area contributed by atoms with Gasteiger partial charge in [0.05, 0.1) is 12.0 Å². The lowest BCUT2D eigenvalue weighted by Crippen LogP contribution is -2.52. The molecule has 1 heterocycles. The van der Waals surface area contributed by atoms with Crippen LogP contribution in [0.25, 0.3) is 0 Å². The molecule has 1 aromatic rings. The minimum atomic E-state index is -0.823. The number of carboxylic acid groups (broad SMARTS) is 1. The molecule has 0 amide bonds. The second-order valence-electron chi connectivity index (χ2n) is 5.46. The fourth-order valence-electron chi connectivity index (χ4n) is 2.14. The number of aliphatic carboxylic acids is 1. The molecule has 2 unspecified atom stereocenters. The molecule has 5 heteroatoms. The first-order chi connectivity index (χ1) is 8.99. The van der Waals surface area contributed by atoms with Crippen molar-refractivity contribution in [2.75, 3.05) is 0 Å². The van der Waals surface area contributed by atoms with Gasteiger partial charge in [0, 0.05) is 11.3 Å². The molecule has 0 aliphatic heterocycles. The number of carbonyl (C=O) groups is 1. The Bertz CT molecular complexity index is 416. The Balaban J connectivity index is 1.83. The largest absolute Gasteiger partial charge is 0.480 e. The molecule has 1 fully saturated rings. The molecule has 1 aliphatic rings. The van der Waals surface area contributed by atoms with Crippen LogP contribution in [0.15, 0.2) is 22.8 Å². The summed E-state index contributed by atoms with van der Waals surface area (Å²) in [5.41, 5.74) is -0.823. The van der Waals surface area contributed by atoms with Crippen LogP contribution < -0.4 is 5.32 Å². The fourth-order valence-corrected chi connectivity index (χ4v) is 3.20. The van der Waals surface area contributed by atoms with E-state index in [1.54, 1.807) is 24.9 Å². The smallest absolute Gasteiger partial charge is 0.323 e. The first-order valence-electron chi connectivity index (χ1n) is 6.65. The second kappa shape index (κ2) is 6.01. The number of nitrogens with one attached hydrogen (secondary N) is 1. The van der Waals surface area contributed by atoms with Crippen molar-refractivity contribution in [3.8, 4) is 0 Å². The molecule has 4 nitrogen and oxygen atoms in total. The van der Waals surface area contributed by atoms with E-state index >= 15 is 0 Å². The van der Waals surface area contributed by atoms with Gasteiger partial charge in [-0.25, -0.2) is 0 Å². The van der Waals surface area contributed by atoms with Crippen molar-refractivity contribution >= 4 is 17.7 Å². The quantitative estimate of drug-likeness (QED) is 0.768. The van der Waals surface area contributed by atoms with Crippen LogP contribution in [0.2, 0.25) is 0 Å². The number of hydrogen-bond acceptors (Lipinski definition) is 4. The van der Waals surface area contributed by atoms with Crippen LogP contribution in [-0.2, 0) is 10.5 Å². The van der Waals surface area contributed by atoms with Crippen LogP contribution in [0, 0.1) is 0 Å². The molecule has 2 atom stereocenters. The standard InChI is InChI=1S/C14H21NO3S/c1-10(19-9-12-4-3-7-18-12)8-14(2,13(16)17)15-11-5-6-11/h3-4,7,10-11,15H,5-6,8-9H2,1-2H3,(H,16,17). The fraction of sp³-hybridized carbons (Fsp3) is 0.643. The summed E-state index contributed by atoms with van der Waals surface area (Å²) in [7, 11) is 0. The van der Waals surface area contributed by atoms with E-state index in [1.165, 1.54) is 0 Å². The summed E-state index contributed by atoms with van der Waals surface area (Å²) in [6.07, 6.45) is 4.47. The third kappa shape index (κ3) is 4.28. The van der Waals surface area contributed by atoms with Gasteiger partial charge >= 0.3 is 5.97 Å². The highest BCUT2D eigenvalue weighted by Gasteiger charge is 2.39. The minimum absolute atomic E-state index is 0.262. The summed E-state index contributed by atoms with van der Waals surface area (Å²) in [5.74, 6) is 0.960. The number of rotatable bonds is 8. The zero-order chi connectivity index (χ0) is 13.9. The third-order valence-electron chi connectivity index (χ3n) is 3.36. The normalized spacial score (nSPS) is 19.9. The zero-order valence-electron chi connectivity index (χ0n) is 11.4. The molecule has 19 heavy (non-hydrogen) atoms. The molecule has 0 spiro atoms. The van der Waals surface area contributed by atoms with Crippen molar-refractivity contribution in [1.29, 1.82) is 0 Å². The molecular formula is C14H21NO3S. The summed E-state index contributed by atoms with van der Waals surface area (Å²) < 4.78 is 5.28. The van der Waals surface area contributed by atoms with Gasteiger partial charge in [-0.05, 0) is 38.3 Å². The second-order valence-corrected chi connectivity index (χ2v) is 6.89. The molecule has 0 saturated heterocycles. The average Bonchev–Trinajstić information content (AvgIpc) is 2.99. The van der Waals surface area contributed by atoms with Gasteiger partial charge in [0.25, 0.3) is 0 Å². The molecule has 1 aliphatic carbocycles. The van der Waals surface area contributed by atoms with E-state index in [-0.39, 0.29) is 5.25 Å². The topological polar surface area (TPSA) is 62.5 Å². The van der Waals surface area contributed by atoms with Crippen LogP contribution in [0.3, 0.4) is 0 Å². The van der Waals surface area contributed by atoms with E-state index in [0.29, 0.717) is 12.5 Å². The summed E-state index contributed by atoms with van der Waals surface area (Å²) in [6.45, 7) is 3.86. The van der Waals surface area contributed by atoms with Gasteiger partial charge in [-0.2, -0.15) is 11.8 Å². The maximum atomic E-state index is 11.5. The van der Waals surface area contributed by atoms with E-state index < -0.39 is 11.5 Å². The van der Waals surface area contributed by atoms with E-state index in [4.69, 9.17) is 4.42 Å².